The number of nitrogens with zero attached hydrogens (tertiary/aromatic N) is 3. The Morgan fingerprint density at radius 2 is 2.13 bits per heavy atom. The Morgan fingerprint density at radius 1 is 1.26 bits per heavy atom. The number of nitrogens with one attached hydrogen (secondary N) is 1. The lowest BCUT2D eigenvalue weighted by molar-refractivity contribution is -0.121. The van der Waals surface area contributed by atoms with Gasteiger partial charge in [0.15, 0.2) is 0 Å². The van der Waals surface area contributed by atoms with E-state index in [1.54, 1.807) is 6.20 Å². The molecule has 2 heterocycles. The number of hydrogen-bond donors (Lipinski definition) is 1. The Hall–Kier alpha value is -2.30. The topological polar surface area (TPSA) is 50.2 Å². The number of carbonyl (C=O) groups excluding carboxylic acids is 1. The molecule has 1 aliphatic rings. The summed E-state index contributed by atoms with van der Waals surface area (Å²) in [6.07, 6.45) is 6.22. The van der Waals surface area contributed by atoms with Crippen molar-refractivity contribution in [1.29, 1.82) is 0 Å². The van der Waals surface area contributed by atoms with Crippen LogP contribution in [0.5, 0.6) is 0 Å². The number of aryl methyl sites for hydroxylation is 1. The highest BCUT2D eigenvalue weighted by atomic mass is 16.1. The van der Waals surface area contributed by atoms with Crippen LogP contribution in [0.4, 0.5) is 5.69 Å². The Bertz CT molecular complexity index is 597. The van der Waals surface area contributed by atoms with Crippen molar-refractivity contribution in [1.82, 2.24) is 15.1 Å². The Labute approximate surface area is 137 Å². The molecule has 1 aromatic heterocycles. The quantitative estimate of drug-likeness (QED) is 0.853. The van der Waals surface area contributed by atoms with Crippen LogP contribution in [0.1, 0.15) is 19.3 Å². The summed E-state index contributed by atoms with van der Waals surface area (Å²) in [6, 6.07) is 12.4. The molecule has 1 aromatic carbocycles. The van der Waals surface area contributed by atoms with Gasteiger partial charge in [-0.2, -0.15) is 5.10 Å². The fourth-order valence-corrected chi connectivity index (χ4v) is 3.05. The van der Waals surface area contributed by atoms with E-state index in [1.165, 1.54) is 5.69 Å². The summed E-state index contributed by atoms with van der Waals surface area (Å²) in [4.78, 5) is 14.3. The molecule has 0 aliphatic carbocycles. The lowest BCUT2D eigenvalue weighted by atomic mass is 10.1. The van der Waals surface area contributed by atoms with Crippen molar-refractivity contribution in [2.75, 3.05) is 24.5 Å². The highest BCUT2D eigenvalue weighted by Crippen LogP contribution is 2.22. The van der Waals surface area contributed by atoms with Gasteiger partial charge >= 0.3 is 0 Å². The van der Waals surface area contributed by atoms with Crippen molar-refractivity contribution in [3.63, 3.8) is 0 Å². The van der Waals surface area contributed by atoms with Gasteiger partial charge in [-0.05, 0) is 37.0 Å². The van der Waals surface area contributed by atoms with Crippen molar-refractivity contribution in [3.05, 3.63) is 48.8 Å². The smallest absolute Gasteiger partial charge is 0.220 e. The highest BCUT2D eigenvalue weighted by Gasteiger charge is 2.22. The van der Waals surface area contributed by atoms with Crippen molar-refractivity contribution in [3.8, 4) is 0 Å². The monoisotopic (exact) mass is 312 g/mol. The van der Waals surface area contributed by atoms with Crippen LogP contribution in [-0.4, -0.2) is 35.3 Å². The fraction of sp³-hybridized carbons (Fsp3) is 0.444. The zero-order valence-electron chi connectivity index (χ0n) is 13.4. The van der Waals surface area contributed by atoms with E-state index in [4.69, 9.17) is 0 Å². The molecule has 5 nitrogen and oxygen atoms in total. The van der Waals surface area contributed by atoms with Crippen LogP contribution in [0.25, 0.3) is 0 Å². The van der Waals surface area contributed by atoms with Gasteiger partial charge in [0, 0.05) is 50.7 Å². The molecular weight excluding hydrogens is 288 g/mol. The first-order valence-corrected chi connectivity index (χ1v) is 8.35. The van der Waals surface area contributed by atoms with Gasteiger partial charge in [0.05, 0.1) is 0 Å². The van der Waals surface area contributed by atoms with Gasteiger partial charge in [0.2, 0.25) is 5.91 Å². The average molecular weight is 312 g/mol. The SMILES string of the molecule is O=C(CCCn1cccn1)NC[C@H]1CCN(c2ccccc2)C1. The zero-order chi connectivity index (χ0) is 15.9. The van der Waals surface area contributed by atoms with Crippen LogP contribution in [0, 0.1) is 5.92 Å². The van der Waals surface area contributed by atoms with Gasteiger partial charge in [-0.3, -0.25) is 9.48 Å². The Kier molecular flexibility index (Phi) is 5.29. The first kappa shape index (κ1) is 15.6. The van der Waals surface area contributed by atoms with Gasteiger partial charge in [-0.1, -0.05) is 18.2 Å². The normalized spacial score (nSPS) is 17.4. The van der Waals surface area contributed by atoms with Crippen LogP contribution < -0.4 is 10.2 Å². The lowest BCUT2D eigenvalue weighted by Gasteiger charge is -2.18. The molecule has 122 valence electrons. The van der Waals surface area contributed by atoms with Crippen molar-refractivity contribution in [2.24, 2.45) is 5.92 Å². The molecule has 0 saturated carbocycles. The number of aromatic nitrogens is 2. The van der Waals surface area contributed by atoms with Gasteiger partial charge < -0.3 is 10.2 Å². The van der Waals surface area contributed by atoms with Crippen LogP contribution in [0.2, 0.25) is 0 Å². The number of para-hydroxylation sites is 1. The molecule has 1 fully saturated rings. The number of amides is 1. The predicted molar refractivity (Wildman–Crippen MR) is 91.2 cm³/mol. The van der Waals surface area contributed by atoms with E-state index >= 15 is 0 Å². The Balaban J connectivity index is 1.33. The highest BCUT2D eigenvalue weighted by molar-refractivity contribution is 5.75. The molecule has 0 unspecified atom stereocenters. The maximum absolute atomic E-state index is 11.9. The van der Waals surface area contributed by atoms with E-state index in [0.717, 1.165) is 39.0 Å². The first-order chi connectivity index (χ1) is 11.3. The number of anilines is 1. The van der Waals surface area contributed by atoms with E-state index in [2.05, 4.69) is 39.6 Å². The fourth-order valence-electron chi connectivity index (χ4n) is 3.05. The average Bonchev–Trinajstić information content (AvgIpc) is 3.25. The van der Waals surface area contributed by atoms with E-state index < -0.39 is 0 Å². The minimum Gasteiger partial charge on any atom is -0.371 e. The molecule has 1 N–H and O–H groups in total. The molecule has 0 bridgehead atoms. The van der Waals surface area contributed by atoms with Gasteiger partial charge in [-0.25, -0.2) is 0 Å². The molecule has 1 atom stereocenters. The number of benzene rings is 1. The summed E-state index contributed by atoms with van der Waals surface area (Å²) < 4.78 is 1.86. The van der Waals surface area contributed by atoms with E-state index in [0.29, 0.717) is 12.3 Å². The summed E-state index contributed by atoms with van der Waals surface area (Å²) in [5.41, 5.74) is 1.28. The largest absolute Gasteiger partial charge is 0.371 e. The van der Waals surface area contributed by atoms with Crippen LogP contribution >= 0.6 is 0 Å². The van der Waals surface area contributed by atoms with Gasteiger partial charge in [0.1, 0.15) is 0 Å². The van der Waals surface area contributed by atoms with Crippen molar-refractivity contribution in [2.45, 2.75) is 25.8 Å². The minimum absolute atomic E-state index is 0.148. The first-order valence-electron chi connectivity index (χ1n) is 8.35. The maximum Gasteiger partial charge on any atom is 0.220 e. The molecule has 1 amide bonds. The molecule has 1 saturated heterocycles. The molecule has 23 heavy (non-hydrogen) atoms. The summed E-state index contributed by atoms with van der Waals surface area (Å²) in [5.74, 6) is 0.695. The third kappa shape index (κ3) is 4.58. The van der Waals surface area contributed by atoms with Crippen LogP contribution in [0.3, 0.4) is 0 Å². The molecule has 5 heteroatoms. The minimum atomic E-state index is 0.148. The predicted octanol–water partition coefficient (Wildman–Crippen LogP) is 2.31. The van der Waals surface area contributed by atoms with E-state index in [-0.39, 0.29) is 5.91 Å². The number of hydrogen-bond acceptors (Lipinski definition) is 3. The second-order valence-corrected chi connectivity index (χ2v) is 6.11. The second kappa shape index (κ2) is 7.81. The lowest BCUT2D eigenvalue weighted by Crippen LogP contribution is -2.31. The van der Waals surface area contributed by atoms with Gasteiger partial charge in [0.25, 0.3) is 0 Å². The van der Waals surface area contributed by atoms with E-state index in [1.807, 2.05) is 23.0 Å². The van der Waals surface area contributed by atoms with E-state index in [9.17, 15) is 4.79 Å². The van der Waals surface area contributed by atoms with Crippen molar-refractivity contribution < 1.29 is 4.79 Å². The summed E-state index contributed by atoms with van der Waals surface area (Å²) in [5, 5.41) is 7.22. The standard InChI is InChI=1S/C18H24N4O/c23-18(8-4-11-22-12-5-10-20-22)19-14-16-9-13-21(15-16)17-6-2-1-3-7-17/h1-3,5-7,10,12,16H,4,8-9,11,13-15H2,(H,19,23)/t16-/m1/s1. The molecular formula is C18H24N4O. The molecule has 0 radical (unpaired) electrons. The van der Waals surface area contributed by atoms with Crippen LogP contribution in [-0.2, 0) is 11.3 Å². The van der Waals surface area contributed by atoms with Crippen LogP contribution in [0.15, 0.2) is 48.8 Å². The second-order valence-electron chi connectivity index (χ2n) is 6.11. The molecule has 3 rings (SSSR count). The third-order valence-electron chi connectivity index (χ3n) is 4.35. The molecule has 2 aromatic rings. The zero-order valence-corrected chi connectivity index (χ0v) is 13.4. The summed E-state index contributed by atoms with van der Waals surface area (Å²) >= 11 is 0. The third-order valence-corrected chi connectivity index (χ3v) is 4.35. The summed E-state index contributed by atoms with van der Waals surface area (Å²) in [6.45, 7) is 3.68. The number of carbonyl (C=O) groups is 1. The number of rotatable bonds is 7. The maximum atomic E-state index is 11.9. The van der Waals surface area contributed by atoms with Gasteiger partial charge in [-0.15, -0.1) is 0 Å². The summed E-state index contributed by atoms with van der Waals surface area (Å²) in [7, 11) is 0. The Morgan fingerprint density at radius 3 is 2.91 bits per heavy atom. The molecule has 0 spiro atoms. The molecule has 1 aliphatic heterocycles. The van der Waals surface area contributed by atoms with Crippen molar-refractivity contribution >= 4 is 11.6 Å².